The number of rotatable bonds is 2. The van der Waals surface area contributed by atoms with Crippen LogP contribution >= 0.6 is 0 Å². The molecule has 0 saturated carbocycles. The van der Waals surface area contributed by atoms with Crippen molar-refractivity contribution in [1.82, 2.24) is 0 Å². The summed E-state index contributed by atoms with van der Waals surface area (Å²) in [4.78, 5) is 12.3. The summed E-state index contributed by atoms with van der Waals surface area (Å²) in [7, 11) is 1.40. The van der Waals surface area contributed by atoms with E-state index in [1.54, 1.807) is 0 Å². The fourth-order valence-corrected chi connectivity index (χ4v) is 2.67. The monoisotopic (exact) mass is 248 g/mol. The van der Waals surface area contributed by atoms with E-state index in [-0.39, 0.29) is 17.0 Å². The topological polar surface area (TPSA) is 35.5 Å². The molecule has 1 heterocycles. The minimum absolute atomic E-state index is 0.335. The van der Waals surface area contributed by atoms with E-state index in [0.717, 1.165) is 5.56 Å². The molecular formula is C15H20O3. The quantitative estimate of drug-likeness (QED) is 0.755. The molecule has 18 heavy (non-hydrogen) atoms. The minimum Gasteiger partial charge on any atom is -0.467 e. The van der Waals surface area contributed by atoms with E-state index in [0.29, 0.717) is 0 Å². The highest BCUT2D eigenvalue weighted by Gasteiger charge is 2.71. The van der Waals surface area contributed by atoms with E-state index in [1.165, 1.54) is 7.11 Å². The molecule has 1 aliphatic heterocycles. The first-order chi connectivity index (χ1) is 8.29. The predicted molar refractivity (Wildman–Crippen MR) is 69.1 cm³/mol. The zero-order valence-electron chi connectivity index (χ0n) is 11.6. The highest BCUT2D eigenvalue weighted by atomic mass is 16.6. The molecule has 1 aliphatic rings. The summed E-state index contributed by atoms with van der Waals surface area (Å²) in [5.41, 5.74) is -0.862. The fraction of sp³-hybridized carbons (Fsp3) is 0.533. The number of hydrogen-bond acceptors (Lipinski definition) is 3. The first-order valence-corrected chi connectivity index (χ1v) is 6.14. The van der Waals surface area contributed by atoms with Gasteiger partial charge in [0.25, 0.3) is 0 Å². The average Bonchev–Trinajstić information content (AvgIpc) is 2.35. The Balaban J connectivity index is 2.56. The number of benzene rings is 1. The lowest BCUT2D eigenvalue weighted by Crippen LogP contribution is -2.73. The summed E-state index contributed by atoms with van der Waals surface area (Å²) < 4.78 is 11.0. The van der Waals surface area contributed by atoms with Crippen LogP contribution in [-0.2, 0) is 19.9 Å². The molecule has 0 aromatic heterocycles. The highest BCUT2D eigenvalue weighted by Crippen LogP contribution is 2.62. The molecule has 1 aromatic carbocycles. The van der Waals surface area contributed by atoms with Crippen LogP contribution in [0, 0.1) is 5.41 Å². The molecule has 1 unspecified atom stereocenters. The van der Waals surface area contributed by atoms with Crippen molar-refractivity contribution < 1.29 is 14.3 Å². The van der Waals surface area contributed by atoms with Crippen molar-refractivity contribution >= 4 is 5.97 Å². The summed E-state index contributed by atoms with van der Waals surface area (Å²) in [5, 5.41) is 0. The third kappa shape index (κ3) is 1.37. The van der Waals surface area contributed by atoms with Crippen molar-refractivity contribution in [3.8, 4) is 0 Å². The van der Waals surface area contributed by atoms with Crippen LogP contribution in [0.25, 0.3) is 0 Å². The van der Waals surface area contributed by atoms with Gasteiger partial charge in [-0.05, 0) is 19.4 Å². The van der Waals surface area contributed by atoms with E-state index in [2.05, 4.69) is 0 Å². The van der Waals surface area contributed by atoms with Crippen LogP contribution in [0.1, 0.15) is 33.3 Å². The summed E-state index contributed by atoms with van der Waals surface area (Å²) in [6.45, 7) is 8.08. The Bertz CT molecular complexity index is 462. The number of esters is 1. The van der Waals surface area contributed by atoms with Crippen molar-refractivity contribution in [2.45, 2.75) is 38.9 Å². The molecule has 1 saturated heterocycles. The van der Waals surface area contributed by atoms with Gasteiger partial charge in [0.15, 0.2) is 5.60 Å². The standard InChI is InChI=1S/C15H20O3/c1-13(2)14(3,4)18-15(13,12(16)17-5)11-9-7-6-8-10-11/h6-10H,1-5H3. The van der Waals surface area contributed by atoms with Crippen LogP contribution in [-0.4, -0.2) is 18.7 Å². The minimum atomic E-state index is -1.01. The maximum absolute atomic E-state index is 12.3. The van der Waals surface area contributed by atoms with Crippen molar-refractivity contribution in [2.24, 2.45) is 5.41 Å². The first kappa shape index (κ1) is 13.1. The molecule has 1 aromatic rings. The molecule has 0 radical (unpaired) electrons. The molecule has 1 fully saturated rings. The molecule has 2 rings (SSSR count). The van der Waals surface area contributed by atoms with Crippen molar-refractivity contribution in [3.05, 3.63) is 35.9 Å². The second kappa shape index (κ2) is 3.82. The normalized spacial score (nSPS) is 28.3. The summed E-state index contributed by atoms with van der Waals surface area (Å²) in [5.74, 6) is -0.335. The maximum Gasteiger partial charge on any atom is 0.343 e. The van der Waals surface area contributed by atoms with Gasteiger partial charge < -0.3 is 9.47 Å². The number of ether oxygens (including phenoxy) is 2. The number of carbonyl (C=O) groups is 1. The Morgan fingerprint density at radius 2 is 1.67 bits per heavy atom. The van der Waals surface area contributed by atoms with Crippen molar-refractivity contribution in [3.63, 3.8) is 0 Å². The second-order valence-electron chi connectivity index (χ2n) is 5.78. The molecule has 1 atom stereocenters. The number of carbonyl (C=O) groups excluding carboxylic acids is 1. The van der Waals surface area contributed by atoms with Gasteiger partial charge in [0.1, 0.15) is 0 Å². The smallest absolute Gasteiger partial charge is 0.343 e. The van der Waals surface area contributed by atoms with Crippen LogP contribution in [0.15, 0.2) is 30.3 Å². The van der Waals surface area contributed by atoms with Gasteiger partial charge in [0.2, 0.25) is 0 Å². The Morgan fingerprint density at radius 1 is 1.11 bits per heavy atom. The van der Waals surface area contributed by atoms with Gasteiger partial charge in [-0.25, -0.2) is 4.79 Å². The Hall–Kier alpha value is -1.35. The van der Waals surface area contributed by atoms with Crippen molar-refractivity contribution in [1.29, 1.82) is 0 Å². The van der Waals surface area contributed by atoms with E-state index >= 15 is 0 Å². The largest absolute Gasteiger partial charge is 0.467 e. The molecule has 0 bridgehead atoms. The van der Waals surface area contributed by atoms with Crippen LogP contribution < -0.4 is 0 Å². The van der Waals surface area contributed by atoms with Gasteiger partial charge in [0.05, 0.1) is 12.7 Å². The lowest BCUT2D eigenvalue weighted by molar-refractivity contribution is -0.352. The summed E-state index contributed by atoms with van der Waals surface area (Å²) >= 11 is 0. The van der Waals surface area contributed by atoms with Gasteiger partial charge in [0, 0.05) is 5.41 Å². The zero-order chi connectivity index (χ0) is 13.6. The average molecular weight is 248 g/mol. The highest BCUT2D eigenvalue weighted by molar-refractivity contribution is 5.84. The molecule has 0 amide bonds. The van der Waals surface area contributed by atoms with Gasteiger partial charge in [-0.2, -0.15) is 0 Å². The fourth-order valence-electron chi connectivity index (χ4n) is 2.67. The Kier molecular flexibility index (Phi) is 2.78. The van der Waals surface area contributed by atoms with E-state index in [4.69, 9.17) is 9.47 Å². The molecule has 3 nitrogen and oxygen atoms in total. The van der Waals surface area contributed by atoms with Crippen LogP contribution in [0.5, 0.6) is 0 Å². The number of hydrogen-bond donors (Lipinski definition) is 0. The van der Waals surface area contributed by atoms with Crippen LogP contribution in [0.4, 0.5) is 0 Å². The predicted octanol–water partition coefficient (Wildman–Crippen LogP) is 2.89. The molecule has 0 N–H and O–H groups in total. The van der Waals surface area contributed by atoms with Crippen LogP contribution in [0.2, 0.25) is 0 Å². The first-order valence-electron chi connectivity index (χ1n) is 6.14. The zero-order valence-corrected chi connectivity index (χ0v) is 11.6. The van der Waals surface area contributed by atoms with Gasteiger partial charge in [-0.3, -0.25) is 0 Å². The Morgan fingerprint density at radius 3 is 2.06 bits per heavy atom. The van der Waals surface area contributed by atoms with Gasteiger partial charge in [-0.15, -0.1) is 0 Å². The molecule has 3 heteroatoms. The SMILES string of the molecule is COC(=O)C1(c2ccccc2)OC(C)(C)C1(C)C. The van der Waals surface area contributed by atoms with Crippen molar-refractivity contribution in [2.75, 3.05) is 7.11 Å². The Labute approximate surface area is 108 Å². The second-order valence-corrected chi connectivity index (χ2v) is 5.78. The van der Waals surface area contributed by atoms with Crippen LogP contribution in [0.3, 0.4) is 0 Å². The maximum atomic E-state index is 12.3. The van der Waals surface area contributed by atoms with E-state index in [1.807, 2.05) is 58.0 Å². The summed E-state index contributed by atoms with van der Waals surface area (Å²) in [6, 6.07) is 9.56. The lowest BCUT2D eigenvalue weighted by Gasteiger charge is -2.64. The molecule has 0 aliphatic carbocycles. The molecule has 0 spiro atoms. The molecular weight excluding hydrogens is 228 g/mol. The lowest BCUT2D eigenvalue weighted by atomic mass is 9.56. The third-order valence-electron chi connectivity index (χ3n) is 4.45. The molecule has 98 valence electrons. The number of methoxy groups -OCH3 is 1. The summed E-state index contributed by atoms with van der Waals surface area (Å²) in [6.07, 6.45) is 0. The van der Waals surface area contributed by atoms with Gasteiger partial charge >= 0.3 is 5.97 Å². The van der Waals surface area contributed by atoms with Gasteiger partial charge in [-0.1, -0.05) is 44.2 Å². The van der Waals surface area contributed by atoms with E-state index < -0.39 is 5.60 Å². The third-order valence-corrected chi connectivity index (χ3v) is 4.45. The van der Waals surface area contributed by atoms with E-state index in [9.17, 15) is 4.79 Å².